The van der Waals surface area contributed by atoms with Crippen LogP contribution in [-0.4, -0.2) is 28.5 Å². The Balaban J connectivity index is 1.56. The third kappa shape index (κ3) is 5.14. The van der Waals surface area contributed by atoms with Crippen molar-refractivity contribution in [1.29, 1.82) is 0 Å². The second-order valence-corrected chi connectivity index (χ2v) is 5.89. The van der Waals surface area contributed by atoms with Crippen molar-refractivity contribution in [3.05, 3.63) is 83.7 Å². The van der Waals surface area contributed by atoms with E-state index in [2.05, 4.69) is 20.6 Å². The van der Waals surface area contributed by atoms with Gasteiger partial charge in [-0.25, -0.2) is 14.8 Å². The van der Waals surface area contributed by atoms with Gasteiger partial charge in [-0.3, -0.25) is 4.79 Å². The van der Waals surface area contributed by atoms with Crippen LogP contribution in [0.1, 0.15) is 33.2 Å². The van der Waals surface area contributed by atoms with Gasteiger partial charge in [0.1, 0.15) is 0 Å². The van der Waals surface area contributed by atoms with Crippen molar-refractivity contribution in [2.75, 3.05) is 11.9 Å². The lowest BCUT2D eigenvalue weighted by Crippen LogP contribution is -2.23. The number of carbonyl (C=O) groups is 2. The molecular weight excluding hydrogens is 356 g/mol. The van der Waals surface area contributed by atoms with E-state index in [1.165, 1.54) is 12.4 Å². The average molecular weight is 376 g/mol. The summed E-state index contributed by atoms with van der Waals surface area (Å²) < 4.78 is 4.95. The van der Waals surface area contributed by atoms with Crippen LogP contribution in [0.15, 0.2) is 67.0 Å². The van der Waals surface area contributed by atoms with Gasteiger partial charge in [0.15, 0.2) is 0 Å². The van der Waals surface area contributed by atoms with E-state index in [4.69, 9.17) is 4.74 Å². The van der Waals surface area contributed by atoms with Crippen molar-refractivity contribution in [1.82, 2.24) is 15.3 Å². The second kappa shape index (κ2) is 9.27. The summed E-state index contributed by atoms with van der Waals surface area (Å²) in [5.41, 5.74) is 2.58. The van der Waals surface area contributed by atoms with Crippen molar-refractivity contribution in [3.8, 4) is 0 Å². The smallest absolute Gasteiger partial charge is 0.338 e. The minimum absolute atomic E-state index is 0.241. The lowest BCUT2D eigenvalue weighted by Gasteiger charge is -2.07. The van der Waals surface area contributed by atoms with Crippen LogP contribution in [0, 0.1) is 0 Å². The SMILES string of the molecule is CCOC(=O)c1ccc(Nc2ncc(C(=O)NCc3ccccc3)cn2)cc1. The number of nitrogens with one attached hydrogen (secondary N) is 2. The maximum atomic E-state index is 12.2. The van der Waals surface area contributed by atoms with Gasteiger partial charge < -0.3 is 15.4 Å². The van der Waals surface area contributed by atoms with E-state index in [9.17, 15) is 9.59 Å². The molecule has 2 aromatic carbocycles. The van der Waals surface area contributed by atoms with Crippen LogP contribution in [0.2, 0.25) is 0 Å². The zero-order chi connectivity index (χ0) is 19.8. The predicted octanol–water partition coefficient (Wildman–Crippen LogP) is 3.33. The minimum Gasteiger partial charge on any atom is -0.462 e. The Morgan fingerprint density at radius 1 is 0.929 bits per heavy atom. The van der Waals surface area contributed by atoms with Gasteiger partial charge >= 0.3 is 5.97 Å². The molecule has 1 aromatic heterocycles. The Morgan fingerprint density at radius 2 is 1.61 bits per heavy atom. The first-order valence-corrected chi connectivity index (χ1v) is 8.84. The summed E-state index contributed by atoms with van der Waals surface area (Å²) in [4.78, 5) is 32.2. The molecule has 0 aliphatic rings. The molecule has 0 saturated carbocycles. The van der Waals surface area contributed by atoms with Crippen LogP contribution in [0.25, 0.3) is 0 Å². The van der Waals surface area contributed by atoms with Gasteiger partial charge in [-0.1, -0.05) is 30.3 Å². The molecule has 1 heterocycles. The van der Waals surface area contributed by atoms with Crippen LogP contribution in [-0.2, 0) is 11.3 Å². The zero-order valence-corrected chi connectivity index (χ0v) is 15.4. The van der Waals surface area contributed by atoms with E-state index in [-0.39, 0.29) is 11.9 Å². The molecule has 3 rings (SSSR count). The summed E-state index contributed by atoms with van der Waals surface area (Å²) in [7, 11) is 0. The van der Waals surface area contributed by atoms with Gasteiger partial charge in [0.2, 0.25) is 5.95 Å². The highest BCUT2D eigenvalue weighted by Gasteiger charge is 2.08. The first-order valence-electron chi connectivity index (χ1n) is 8.84. The molecule has 0 radical (unpaired) electrons. The van der Waals surface area contributed by atoms with E-state index in [0.717, 1.165) is 5.56 Å². The first kappa shape index (κ1) is 19.0. The first-order chi connectivity index (χ1) is 13.7. The van der Waals surface area contributed by atoms with Gasteiger partial charge in [0.05, 0.1) is 17.7 Å². The lowest BCUT2D eigenvalue weighted by molar-refractivity contribution is 0.0526. The summed E-state index contributed by atoms with van der Waals surface area (Å²) >= 11 is 0. The molecule has 7 heteroatoms. The summed E-state index contributed by atoms with van der Waals surface area (Å²) in [6, 6.07) is 16.4. The highest BCUT2D eigenvalue weighted by atomic mass is 16.5. The topological polar surface area (TPSA) is 93.2 Å². The summed E-state index contributed by atoms with van der Waals surface area (Å²) in [5, 5.41) is 5.85. The molecule has 0 saturated heterocycles. The zero-order valence-electron chi connectivity index (χ0n) is 15.4. The number of benzene rings is 2. The number of esters is 1. The Bertz CT molecular complexity index is 926. The predicted molar refractivity (Wildman–Crippen MR) is 105 cm³/mol. The third-order valence-corrected chi connectivity index (χ3v) is 3.86. The molecule has 142 valence electrons. The molecule has 0 aliphatic carbocycles. The molecule has 0 atom stereocenters. The van der Waals surface area contributed by atoms with E-state index in [1.807, 2.05) is 30.3 Å². The Morgan fingerprint density at radius 3 is 2.25 bits per heavy atom. The van der Waals surface area contributed by atoms with E-state index in [0.29, 0.717) is 35.9 Å². The summed E-state index contributed by atoms with van der Waals surface area (Å²) in [6.07, 6.45) is 2.92. The van der Waals surface area contributed by atoms with Gasteiger partial charge in [-0.05, 0) is 36.8 Å². The Labute approximate surface area is 162 Å². The number of rotatable bonds is 7. The molecule has 0 bridgehead atoms. The van der Waals surface area contributed by atoms with Crippen LogP contribution < -0.4 is 10.6 Å². The monoisotopic (exact) mass is 376 g/mol. The number of aromatic nitrogens is 2. The van der Waals surface area contributed by atoms with Gasteiger partial charge in [-0.15, -0.1) is 0 Å². The fraction of sp³-hybridized carbons (Fsp3) is 0.143. The standard InChI is InChI=1S/C21H20N4O3/c1-2-28-20(27)16-8-10-18(11-9-16)25-21-23-13-17(14-24-21)19(26)22-12-15-6-4-3-5-7-15/h3-11,13-14H,2,12H2,1H3,(H,22,26)(H,23,24,25). The van der Waals surface area contributed by atoms with Crippen molar-refractivity contribution < 1.29 is 14.3 Å². The minimum atomic E-state index is -0.365. The number of hydrogen-bond donors (Lipinski definition) is 2. The van der Waals surface area contributed by atoms with Gasteiger partial charge in [-0.2, -0.15) is 0 Å². The molecule has 0 spiro atoms. The third-order valence-electron chi connectivity index (χ3n) is 3.86. The Kier molecular flexibility index (Phi) is 6.30. The average Bonchev–Trinajstić information content (AvgIpc) is 2.74. The molecule has 0 aliphatic heterocycles. The number of nitrogens with zero attached hydrogens (tertiary/aromatic N) is 2. The van der Waals surface area contributed by atoms with Crippen LogP contribution in [0.3, 0.4) is 0 Å². The number of anilines is 2. The molecule has 0 fully saturated rings. The fourth-order valence-corrected chi connectivity index (χ4v) is 2.42. The van der Waals surface area contributed by atoms with Crippen molar-refractivity contribution in [3.63, 3.8) is 0 Å². The quantitative estimate of drug-likeness (QED) is 0.615. The van der Waals surface area contributed by atoms with Crippen molar-refractivity contribution >= 4 is 23.5 Å². The lowest BCUT2D eigenvalue weighted by atomic mass is 10.2. The van der Waals surface area contributed by atoms with Crippen LogP contribution in [0.5, 0.6) is 0 Å². The van der Waals surface area contributed by atoms with Crippen molar-refractivity contribution in [2.24, 2.45) is 0 Å². The number of hydrogen-bond acceptors (Lipinski definition) is 6. The molecule has 3 aromatic rings. The molecule has 28 heavy (non-hydrogen) atoms. The maximum Gasteiger partial charge on any atom is 0.338 e. The molecule has 0 unspecified atom stereocenters. The molecule has 2 N–H and O–H groups in total. The van der Waals surface area contributed by atoms with E-state index < -0.39 is 0 Å². The van der Waals surface area contributed by atoms with Crippen LogP contribution in [0.4, 0.5) is 11.6 Å². The number of ether oxygens (including phenoxy) is 1. The highest BCUT2D eigenvalue weighted by molar-refractivity contribution is 5.93. The number of amides is 1. The molecular formula is C21H20N4O3. The largest absolute Gasteiger partial charge is 0.462 e. The molecule has 7 nitrogen and oxygen atoms in total. The fourth-order valence-electron chi connectivity index (χ4n) is 2.42. The van der Waals surface area contributed by atoms with Crippen LogP contribution >= 0.6 is 0 Å². The Hall–Kier alpha value is -3.74. The van der Waals surface area contributed by atoms with E-state index in [1.54, 1.807) is 31.2 Å². The van der Waals surface area contributed by atoms with Crippen molar-refractivity contribution in [2.45, 2.75) is 13.5 Å². The van der Waals surface area contributed by atoms with E-state index >= 15 is 0 Å². The summed E-state index contributed by atoms with van der Waals surface area (Å²) in [6.45, 7) is 2.53. The maximum absolute atomic E-state index is 12.2. The van der Waals surface area contributed by atoms with Gasteiger partial charge in [0, 0.05) is 24.6 Å². The summed E-state index contributed by atoms with van der Waals surface area (Å²) in [5.74, 6) is -0.256. The highest BCUT2D eigenvalue weighted by Crippen LogP contribution is 2.14. The normalized spacial score (nSPS) is 10.2. The molecule has 1 amide bonds. The van der Waals surface area contributed by atoms with Gasteiger partial charge in [0.25, 0.3) is 5.91 Å². The second-order valence-electron chi connectivity index (χ2n) is 5.89. The number of carbonyl (C=O) groups excluding carboxylic acids is 2.